The van der Waals surface area contributed by atoms with Crippen LogP contribution >= 0.6 is 11.6 Å². The molecule has 9 heteroatoms. The first-order chi connectivity index (χ1) is 13.9. The molecule has 1 amide bonds. The third-order valence-electron chi connectivity index (χ3n) is 4.03. The van der Waals surface area contributed by atoms with Crippen LogP contribution in [-0.2, 0) is 19.6 Å². The monoisotopic (exact) mass is 440 g/mol. The van der Waals surface area contributed by atoms with E-state index in [1.165, 1.54) is 25.3 Å². The van der Waals surface area contributed by atoms with E-state index in [4.69, 9.17) is 21.1 Å². The Morgan fingerprint density at radius 1 is 1.17 bits per heavy atom. The maximum atomic E-state index is 13.2. The molecule has 0 saturated heterocycles. The predicted molar refractivity (Wildman–Crippen MR) is 113 cm³/mol. The average molecular weight is 441 g/mol. The first kappa shape index (κ1) is 23.0. The Morgan fingerprint density at radius 2 is 1.90 bits per heavy atom. The van der Waals surface area contributed by atoms with E-state index in [9.17, 15) is 13.2 Å². The molecule has 2 aromatic rings. The van der Waals surface area contributed by atoms with Crippen LogP contribution in [0.25, 0.3) is 0 Å². The number of hydrogen-bond donors (Lipinski definition) is 1. The van der Waals surface area contributed by atoms with Crippen molar-refractivity contribution >= 4 is 33.2 Å². The smallest absolute Gasteiger partial charge is 0.264 e. The van der Waals surface area contributed by atoms with Crippen molar-refractivity contribution in [2.75, 3.05) is 37.7 Å². The standard InChI is InChI=1S/C20H25ClN2O5S/c1-3-28-13-7-12-22-20(24)15-23(16-10-11-19(27-2)18(21)14-16)29(25,26)17-8-5-4-6-9-17/h4-6,8-11,14H,3,7,12-13,15H2,1-2H3,(H,22,24). The van der Waals surface area contributed by atoms with Crippen molar-refractivity contribution in [1.82, 2.24) is 5.32 Å². The van der Waals surface area contributed by atoms with Gasteiger partial charge in [0, 0.05) is 19.8 Å². The number of anilines is 1. The Balaban J connectivity index is 2.27. The molecular formula is C20H25ClN2O5S. The molecule has 0 aromatic heterocycles. The zero-order valence-electron chi connectivity index (χ0n) is 16.4. The Hall–Kier alpha value is -2.29. The summed E-state index contributed by atoms with van der Waals surface area (Å²) in [4.78, 5) is 12.5. The molecule has 0 aliphatic rings. The largest absolute Gasteiger partial charge is 0.495 e. The van der Waals surface area contributed by atoms with Crippen LogP contribution in [0.3, 0.4) is 0 Å². The van der Waals surface area contributed by atoms with Crippen molar-refractivity contribution in [3.8, 4) is 5.75 Å². The number of hydrogen-bond acceptors (Lipinski definition) is 5. The third kappa shape index (κ3) is 6.35. The second-order valence-electron chi connectivity index (χ2n) is 6.04. The van der Waals surface area contributed by atoms with Gasteiger partial charge in [0.15, 0.2) is 0 Å². The maximum Gasteiger partial charge on any atom is 0.264 e. The van der Waals surface area contributed by atoms with E-state index >= 15 is 0 Å². The van der Waals surface area contributed by atoms with Crippen molar-refractivity contribution in [3.05, 3.63) is 53.6 Å². The number of sulfonamides is 1. The minimum absolute atomic E-state index is 0.0797. The maximum absolute atomic E-state index is 13.2. The quantitative estimate of drug-likeness (QED) is 0.543. The molecular weight excluding hydrogens is 416 g/mol. The first-order valence-corrected chi connectivity index (χ1v) is 11.0. The highest BCUT2D eigenvalue weighted by Crippen LogP contribution is 2.31. The summed E-state index contributed by atoms with van der Waals surface area (Å²) in [6.07, 6.45) is 0.638. The number of nitrogens with one attached hydrogen (secondary N) is 1. The number of carbonyl (C=O) groups excluding carboxylic acids is 1. The molecule has 0 saturated carbocycles. The summed E-state index contributed by atoms with van der Waals surface area (Å²) in [5.74, 6) is -0.0132. The topological polar surface area (TPSA) is 84.9 Å². The molecule has 1 N–H and O–H groups in total. The van der Waals surface area contributed by atoms with E-state index in [2.05, 4.69) is 5.32 Å². The van der Waals surface area contributed by atoms with E-state index in [1.54, 1.807) is 30.3 Å². The number of methoxy groups -OCH3 is 1. The second kappa shape index (κ2) is 11.0. The molecule has 29 heavy (non-hydrogen) atoms. The summed E-state index contributed by atoms with van der Waals surface area (Å²) in [5, 5.41) is 2.97. The number of amides is 1. The van der Waals surface area contributed by atoms with Crippen molar-refractivity contribution in [3.63, 3.8) is 0 Å². The van der Waals surface area contributed by atoms with Gasteiger partial charge in [-0.05, 0) is 43.7 Å². The van der Waals surface area contributed by atoms with E-state index < -0.39 is 15.9 Å². The summed E-state index contributed by atoms with van der Waals surface area (Å²) in [7, 11) is -2.51. The van der Waals surface area contributed by atoms with Gasteiger partial charge in [-0.15, -0.1) is 0 Å². The average Bonchev–Trinajstić information content (AvgIpc) is 2.72. The number of carbonyl (C=O) groups is 1. The van der Waals surface area contributed by atoms with Gasteiger partial charge in [0.25, 0.3) is 10.0 Å². The Morgan fingerprint density at radius 3 is 2.52 bits per heavy atom. The highest BCUT2D eigenvalue weighted by molar-refractivity contribution is 7.92. The molecule has 0 unspecified atom stereocenters. The van der Waals surface area contributed by atoms with Gasteiger partial charge in [-0.25, -0.2) is 8.42 Å². The zero-order chi connectivity index (χ0) is 21.3. The fraction of sp³-hybridized carbons (Fsp3) is 0.350. The first-order valence-electron chi connectivity index (χ1n) is 9.16. The highest BCUT2D eigenvalue weighted by atomic mass is 35.5. The molecule has 0 radical (unpaired) electrons. The van der Waals surface area contributed by atoms with Gasteiger partial charge in [0.05, 0.1) is 22.7 Å². The van der Waals surface area contributed by atoms with Gasteiger partial charge in [-0.2, -0.15) is 0 Å². The Kier molecular flexibility index (Phi) is 8.75. The lowest BCUT2D eigenvalue weighted by molar-refractivity contribution is -0.119. The molecule has 0 heterocycles. The van der Waals surface area contributed by atoms with Gasteiger partial charge < -0.3 is 14.8 Å². The SMILES string of the molecule is CCOCCCNC(=O)CN(c1ccc(OC)c(Cl)c1)S(=O)(=O)c1ccccc1. The van der Waals surface area contributed by atoms with Crippen LogP contribution in [-0.4, -0.2) is 47.7 Å². The summed E-state index contributed by atoms with van der Waals surface area (Å²) in [6.45, 7) is 3.03. The molecule has 0 aliphatic heterocycles. The fourth-order valence-corrected chi connectivity index (χ4v) is 4.26. The van der Waals surface area contributed by atoms with Crippen molar-refractivity contribution in [2.24, 2.45) is 0 Å². The molecule has 2 aromatic carbocycles. The van der Waals surface area contributed by atoms with Crippen LogP contribution in [0.15, 0.2) is 53.4 Å². The minimum atomic E-state index is -3.98. The van der Waals surface area contributed by atoms with Gasteiger partial charge in [-0.3, -0.25) is 9.10 Å². The number of nitrogens with zero attached hydrogens (tertiary/aromatic N) is 1. The Bertz CT molecular complexity index is 906. The lowest BCUT2D eigenvalue weighted by atomic mass is 10.3. The Labute approximate surface area is 176 Å². The number of benzene rings is 2. The summed E-state index contributed by atoms with van der Waals surface area (Å²) in [6, 6.07) is 12.5. The fourth-order valence-electron chi connectivity index (χ4n) is 2.58. The van der Waals surface area contributed by atoms with Gasteiger partial charge in [-0.1, -0.05) is 29.8 Å². The molecule has 0 aliphatic carbocycles. The van der Waals surface area contributed by atoms with Gasteiger partial charge >= 0.3 is 0 Å². The molecule has 0 fully saturated rings. The van der Waals surface area contributed by atoms with Crippen LogP contribution in [0, 0.1) is 0 Å². The lowest BCUT2D eigenvalue weighted by Gasteiger charge is -2.24. The van der Waals surface area contributed by atoms with Crippen molar-refractivity contribution < 1.29 is 22.7 Å². The normalized spacial score (nSPS) is 11.1. The minimum Gasteiger partial charge on any atom is -0.495 e. The van der Waals surface area contributed by atoms with Crippen molar-refractivity contribution in [1.29, 1.82) is 0 Å². The zero-order valence-corrected chi connectivity index (χ0v) is 18.0. The summed E-state index contributed by atoms with van der Waals surface area (Å²) >= 11 is 6.18. The molecule has 158 valence electrons. The molecule has 0 spiro atoms. The highest BCUT2D eigenvalue weighted by Gasteiger charge is 2.27. The second-order valence-corrected chi connectivity index (χ2v) is 8.31. The van der Waals surface area contributed by atoms with Gasteiger partial charge in [0.2, 0.25) is 5.91 Å². The number of rotatable bonds is 11. The van der Waals surface area contributed by atoms with E-state index in [-0.39, 0.29) is 22.2 Å². The molecule has 0 atom stereocenters. The third-order valence-corrected chi connectivity index (χ3v) is 6.12. The van der Waals surface area contributed by atoms with E-state index in [1.807, 2.05) is 6.92 Å². The van der Waals surface area contributed by atoms with Crippen LogP contribution < -0.4 is 14.4 Å². The van der Waals surface area contributed by atoms with Gasteiger partial charge in [0.1, 0.15) is 12.3 Å². The van der Waals surface area contributed by atoms with Crippen LogP contribution in [0.5, 0.6) is 5.75 Å². The summed E-state index contributed by atoms with van der Waals surface area (Å²) < 4.78 is 37.8. The number of halogens is 1. The molecule has 2 rings (SSSR count). The van der Waals surface area contributed by atoms with Crippen LogP contribution in [0.2, 0.25) is 5.02 Å². The summed E-state index contributed by atoms with van der Waals surface area (Å²) in [5.41, 5.74) is 0.268. The van der Waals surface area contributed by atoms with E-state index in [0.29, 0.717) is 31.9 Å². The van der Waals surface area contributed by atoms with Crippen molar-refractivity contribution in [2.45, 2.75) is 18.2 Å². The molecule has 0 bridgehead atoms. The number of ether oxygens (including phenoxy) is 2. The lowest BCUT2D eigenvalue weighted by Crippen LogP contribution is -2.41. The predicted octanol–water partition coefficient (Wildman–Crippen LogP) is 3.09. The molecule has 7 nitrogen and oxygen atoms in total. The van der Waals surface area contributed by atoms with Crippen LogP contribution in [0.1, 0.15) is 13.3 Å². The van der Waals surface area contributed by atoms with E-state index in [0.717, 1.165) is 4.31 Å². The van der Waals surface area contributed by atoms with Crippen LogP contribution in [0.4, 0.5) is 5.69 Å².